The molecule has 0 aliphatic carbocycles. The fourth-order valence-electron chi connectivity index (χ4n) is 1.12. The van der Waals surface area contributed by atoms with Gasteiger partial charge in [-0.05, 0) is 32.9 Å². The largest absolute Gasteiger partial charge is 0.446 e. The number of aryl methyl sites for hydroxylation is 1. The van der Waals surface area contributed by atoms with Gasteiger partial charge in [0.15, 0.2) is 0 Å². The Balaban J connectivity index is 0.00000289. The highest BCUT2D eigenvalue weighted by Crippen LogP contribution is 2.10. The molecule has 1 aromatic rings. The Morgan fingerprint density at radius 1 is 1.22 bits per heavy atom. The molecule has 7 heteroatoms. The highest BCUT2D eigenvalue weighted by Gasteiger charge is 2.18. The van der Waals surface area contributed by atoms with Crippen LogP contribution in [-0.4, -0.2) is 20.6 Å². The highest BCUT2D eigenvalue weighted by atomic mass is 35.5. The molecule has 0 fully saturated rings. The molecule has 0 saturated heterocycles. The van der Waals surface area contributed by atoms with Crippen LogP contribution in [0.1, 0.15) is 19.4 Å². The van der Waals surface area contributed by atoms with Crippen molar-refractivity contribution in [2.45, 2.75) is 31.8 Å². The average molecular weight is 294 g/mol. The molecule has 0 radical (unpaired) electrons. The molecule has 0 aromatic heterocycles. The van der Waals surface area contributed by atoms with Gasteiger partial charge < -0.3 is 4.74 Å². The number of halogens is 1. The Hall–Kier alpha value is -1.27. The van der Waals surface area contributed by atoms with E-state index in [1.54, 1.807) is 26.0 Å². The Bertz CT molecular complexity index is 496. The number of carbonyl (C=O) groups excluding carboxylic acids is 1. The van der Waals surface area contributed by atoms with Crippen LogP contribution in [0.2, 0.25) is 0 Å². The molecular weight excluding hydrogens is 278 g/mol. The molecule has 18 heavy (non-hydrogen) atoms. The average Bonchev–Trinajstić information content (AvgIpc) is 2.15. The van der Waals surface area contributed by atoms with E-state index in [1.807, 2.05) is 11.6 Å². The van der Waals surface area contributed by atoms with E-state index in [0.29, 0.717) is 0 Å². The van der Waals surface area contributed by atoms with E-state index in [0.717, 1.165) is 5.56 Å². The van der Waals surface area contributed by atoms with Crippen LogP contribution in [0.15, 0.2) is 29.2 Å². The molecule has 5 nitrogen and oxygen atoms in total. The predicted molar refractivity (Wildman–Crippen MR) is 70.4 cm³/mol. The van der Waals surface area contributed by atoms with E-state index in [9.17, 15) is 13.2 Å². The van der Waals surface area contributed by atoms with Crippen LogP contribution in [0.5, 0.6) is 0 Å². The van der Waals surface area contributed by atoms with Crippen LogP contribution in [0.25, 0.3) is 0 Å². The Kier molecular flexibility index (Phi) is 6.14. The highest BCUT2D eigenvalue weighted by molar-refractivity contribution is 7.90. The molecule has 0 saturated carbocycles. The van der Waals surface area contributed by atoms with Gasteiger partial charge in [-0.25, -0.2) is 17.9 Å². The predicted octanol–water partition coefficient (Wildman–Crippen LogP) is 2.24. The molecule has 1 aromatic carbocycles. The smallest absolute Gasteiger partial charge is 0.421 e. The summed E-state index contributed by atoms with van der Waals surface area (Å²) in [7, 11) is -3.85. The quantitative estimate of drug-likeness (QED) is 0.927. The topological polar surface area (TPSA) is 72.5 Å². The van der Waals surface area contributed by atoms with Crippen LogP contribution < -0.4 is 4.72 Å². The lowest BCUT2D eigenvalue weighted by Gasteiger charge is -2.10. The molecule has 0 aliphatic rings. The van der Waals surface area contributed by atoms with Crippen molar-refractivity contribution in [2.75, 3.05) is 0 Å². The lowest BCUT2D eigenvalue weighted by atomic mass is 10.2. The van der Waals surface area contributed by atoms with Crippen molar-refractivity contribution in [3.8, 4) is 0 Å². The first kappa shape index (κ1) is 16.7. The lowest BCUT2D eigenvalue weighted by molar-refractivity contribution is 0.121. The van der Waals surface area contributed by atoms with Gasteiger partial charge in [0.25, 0.3) is 10.0 Å². The minimum atomic E-state index is -3.85. The monoisotopic (exact) mass is 293 g/mol. The van der Waals surface area contributed by atoms with Gasteiger partial charge in [-0.2, -0.15) is 0 Å². The standard InChI is InChI=1S/C11H15NO4S.ClH/c1-8(2)16-11(13)12-17(14,15)10-6-4-9(3)5-7-10;/h4-8H,1-3H3,(H,12,13);1H. The number of carbonyl (C=O) groups is 1. The Morgan fingerprint density at radius 2 is 1.72 bits per heavy atom. The van der Waals surface area contributed by atoms with Gasteiger partial charge in [-0.15, -0.1) is 12.4 Å². The summed E-state index contributed by atoms with van der Waals surface area (Å²) in [6.07, 6.45) is -1.34. The van der Waals surface area contributed by atoms with E-state index in [1.165, 1.54) is 12.1 Å². The third-order valence-electron chi connectivity index (χ3n) is 1.89. The van der Waals surface area contributed by atoms with Gasteiger partial charge in [-0.1, -0.05) is 17.7 Å². The summed E-state index contributed by atoms with van der Waals surface area (Å²) < 4.78 is 30.0. The number of hydrogen-bond donors (Lipinski definition) is 1. The first-order valence-corrected chi connectivity index (χ1v) is 6.59. The summed E-state index contributed by atoms with van der Waals surface area (Å²) in [6.45, 7) is 5.12. The molecule has 0 aliphatic heterocycles. The van der Waals surface area contributed by atoms with E-state index in [2.05, 4.69) is 0 Å². The zero-order valence-electron chi connectivity index (χ0n) is 10.3. The van der Waals surface area contributed by atoms with Crippen molar-refractivity contribution in [3.05, 3.63) is 29.8 Å². The molecule has 1 N–H and O–H groups in total. The zero-order valence-corrected chi connectivity index (χ0v) is 12.0. The van der Waals surface area contributed by atoms with Crippen molar-refractivity contribution in [3.63, 3.8) is 0 Å². The third kappa shape index (κ3) is 4.93. The number of sulfonamides is 1. The van der Waals surface area contributed by atoms with Gasteiger partial charge in [0.1, 0.15) is 0 Å². The molecule has 0 spiro atoms. The van der Waals surface area contributed by atoms with Gasteiger partial charge in [0.05, 0.1) is 11.0 Å². The maximum atomic E-state index is 11.7. The summed E-state index contributed by atoms with van der Waals surface area (Å²) in [5.74, 6) is 0. The fourth-order valence-corrected chi connectivity index (χ4v) is 2.00. The molecule has 1 amide bonds. The molecule has 102 valence electrons. The van der Waals surface area contributed by atoms with Gasteiger partial charge >= 0.3 is 6.09 Å². The van der Waals surface area contributed by atoms with Gasteiger partial charge in [-0.3, -0.25) is 0 Å². The number of nitrogens with one attached hydrogen (secondary N) is 1. The number of rotatable bonds is 3. The van der Waals surface area contributed by atoms with Crippen molar-refractivity contribution < 1.29 is 17.9 Å². The number of amides is 1. The second kappa shape index (κ2) is 6.61. The van der Waals surface area contributed by atoms with Crippen molar-refractivity contribution in [1.82, 2.24) is 4.72 Å². The lowest BCUT2D eigenvalue weighted by Crippen LogP contribution is -2.32. The van der Waals surface area contributed by atoms with Crippen LogP contribution in [0, 0.1) is 6.92 Å². The van der Waals surface area contributed by atoms with Crippen molar-refractivity contribution in [2.24, 2.45) is 0 Å². The fraction of sp³-hybridized carbons (Fsp3) is 0.364. The molecule has 1 rings (SSSR count). The number of hydrogen-bond acceptors (Lipinski definition) is 4. The zero-order chi connectivity index (χ0) is 13.1. The Morgan fingerprint density at radius 3 is 2.17 bits per heavy atom. The van der Waals surface area contributed by atoms with E-state index < -0.39 is 16.1 Å². The maximum absolute atomic E-state index is 11.7. The molecule has 0 atom stereocenters. The second-order valence-electron chi connectivity index (χ2n) is 3.87. The molecular formula is C11H16ClNO4S. The number of ether oxygens (including phenoxy) is 1. The molecule has 0 unspecified atom stereocenters. The van der Waals surface area contributed by atoms with Gasteiger partial charge in [0, 0.05) is 0 Å². The number of benzene rings is 1. The van der Waals surface area contributed by atoms with E-state index in [-0.39, 0.29) is 23.4 Å². The summed E-state index contributed by atoms with van der Waals surface area (Å²) in [6, 6.07) is 6.17. The summed E-state index contributed by atoms with van der Waals surface area (Å²) in [5, 5.41) is 0. The molecule has 0 bridgehead atoms. The minimum Gasteiger partial charge on any atom is -0.446 e. The summed E-state index contributed by atoms with van der Waals surface area (Å²) >= 11 is 0. The maximum Gasteiger partial charge on any atom is 0.421 e. The van der Waals surface area contributed by atoms with Crippen LogP contribution >= 0.6 is 12.4 Å². The van der Waals surface area contributed by atoms with Crippen molar-refractivity contribution in [1.29, 1.82) is 0 Å². The normalized spacial score (nSPS) is 10.7. The van der Waals surface area contributed by atoms with Crippen LogP contribution in [-0.2, 0) is 14.8 Å². The third-order valence-corrected chi connectivity index (χ3v) is 3.22. The first-order chi connectivity index (χ1) is 7.81. The van der Waals surface area contributed by atoms with Crippen LogP contribution in [0.3, 0.4) is 0 Å². The first-order valence-electron chi connectivity index (χ1n) is 5.11. The van der Waals surface area contributed by atoms with E-state index >= 15 is 0 Å². The molecule has 0 heterocycles. The van der Waals surface area contributed by atoms with Crippen LogP contribution in [0.4, 0.5) is 4.79 Å². The minimum absolute atomic E-state index is 0. The second-order valence-corrected chi connectivity index (χ2v) is 5.56. The summed E-state index contributed by atoms with van der Waals surface area (Å²) in [4.78, 5) is 11.2. The summed E-state index contributed by atoms with van der Waals surface area (Å²) in [5.41, 5.74) is 0.939. The van der Waals surface area contributed by atoms with Crippen molar-refractivity contribution >= 4 is 28.5 Å². The van der Waals surface area contributed by atoms with Gasteiger partial charge in [0.2, 0.25) is 0 Å². The van der Waals surface area contributed by atoms with E-state index in [4.69, 9.17) is 4.74 Å². The Labute approximate surface area is 113 Å². The SMILES string of the molecule is Cc1ccc(S(=O)(=O)NC(=O)OC(C)C)cc1.Cl.